The Bertz CT molecular complexity index is 573. The molecule has 0 aliphatic heterocycles. The van der Waals surface area contributed by atoms with Crippen molar-refractivity contribution in [3.63, 3.8) is 0 Å². The van der Waals surface area contributed by atoms with Crippen LogP contribution in [-0.2, 0) is 0 Å². The Morgan fingerprint density at radius 3 is 2.83 bits per heavy atom. The largest absolute Gasteiger partial charge is 0.369 e. The van der Waals surface area contributed by atoms with Crippen molar-refractivity contribution in [1.82, 2.24) is 9.97 Å². The highest BCUT2D eigenvalue weighted by Crippen LogP contribution is 2.48. The predicted octanol–water partition coefficient (Wildman–Crippen LogP) is 3.54. The molecule has 0 bridgehead atoms. The lowest BCUT2D eigenvalue weighted by Crippen LogP contribution is -2.15. The fraction of sp³-hybridized carbons (Fsp3) is 0.467. The van der Waals surface area contributed by atoms with Gasteiger partial charge in [-0.3, -0.25) is 0 Å². The van der Waals surface area contributed by atoms with Gasteiger partial charge in [0.15, 0.2) is 0 Å². The average Bonchev–Trinajstić information content (AvgIpc) is 3.17. The molecule has 2 aromatic rings. The minimum absolute atomic E-state index is 0.529. The molecule has 1 saturated carbocycles. The van der Waals surface area contributed by atoms with E-state index in [1.165, 1.54) is 24.8 Å². The molecule has 0 radical (unpaired) electrons. The topological polar surface area (TPSA) is 37.8 Å². The molecule has 3 rings (SSSR count). The zero-order valence-corrected chi connectivity index (χ0v) is 11.0. The normalized spacial score (nSPS) is 16.8. The third-order valence-corrected chi connectivity index (χ3v) is 4.13. The highest BCUT2D eigenvalue weighted by atomic mass is 15.0. The van der Waals surface area contributed by atoms with Crippen molar-refractivity contribution in [2.75, 3.05) is 11.9 Å². The summed E-state index contributed by atoms with van der Waals surface area (Å²) in [7, 11) is 0. The van der Waals surface area contributed by atoms with E-state index >= 15 is 0 Å². The molecule has 1 fully saturated rings. The number of rotatable bonds is 4. The minimum Gasteiger partial charge on any atom is -0.369 e. The predicted molar refractivity (Wildman–Crippen MR) is 74.7 cm³/mol. The molecular formula is C15H19N3. The molecule has 1 N–H and O–H groups in total. The first-order valence-electron chi connectivity index (χ1n) is 6.68. The lowest BCUT2D eigenvalue weighted by molar-refractivity contribution is 0.521. The molecule has 1 aromatic heterocycles. The molecule has 1 aromatic carbocycles. The SMILES string of the molecule is CCC1(CNc2ncnc3ccc(C)cc23)CC1. The highest BCUT2D eigenvalue weighted by Gasteiger charge is 2.40. The number of anilines is 1. The van der Waals surface area contributed by atoms with E-state index < -0.39 is 0 Å². The quantitative estimate of drug-likeness (QED) is 0.889. The lowest BCUT2D eigenvalue weighted by Gasteiger charge is -2.15. The van der Waals surface area contributed by atoms with Gasteiger partial charge in [0.1, 0.15) is 12.1 Å². The second-order valence-corrected chi connectivity index (χ2v) is 5.45. The van der Waals surface area contributed by atoms with Gasteiger partial charge in [-0.1, -0.05) is 18.6 Å². The maximum atomic E-state index is 4.39. The standard InChI is InChI=1S/C15H19N3/c1-3-15(6-7-15)9-16-14-12-8-11(2)4-5-13(12)17-10-18-14/h4-5,8,10H,3,6-7,9H2,1-2H3,(H,16,17,18). The number of aromatic nitrogens is 2. The van der Waals surface area contributed by atoms with Crippen LogP contribution in [0.1, 0.15) is 31.7 Å². The van der Waals surface area contributed by atoms with Gasteiger partial charge in [0.2, 0.25) is 0 Å². The zero-order chi connectivity index (χ0) is 12.6. The van der Waals surface area contributed by atoms with Crippen LogP contribution in [0.25, 0.3) is 10.9 Å². The van der Waals surface area contributed by atoms with Crippen LogP contribution in [0.4, 0.5) is 5.82 Å². The van der Waals surface area contributed by atoms with Crippen LogP contribution in [0.2, 0.25) is 0 Å². The molecule has 1 aliphatic rings. The second-order valence-electron chi connectivity index (χ2n) is 5.45. The van der Waals surface area contributed by atoms with Gasteiger partial charge < -0.3 is 5.32 Å². The maximum absolute atomic E-state index is 4.39. The third-order valence-electron chi connectivity index (χ3n) is 4.13. The zero-order valence-electron chi connectivity index (χ0n) is 11.0. The molecule has 0 unspecified atom stereocenters. The van der Waals surface area contributed by atoms with E-state index in [9.17, 15) is 0 Å². The van der Waals surface area contributed by atoms with Gasteiger partial charge in [0.05, 0.1) is 5.52 Å². The minimum atomic E-state index is 0.529. The fourth-order valence-corrected chi connectivity index (χ4v) is 2.41. The van der Waals surface area contributed by atoms with E-state index in [4.69, 9.17) is 0 Å². The van der Waals surface area contributed by atoms with E-state index in [2.05, 4.69) is 47.3 Å². The summed E-state index contributed by atoms with van der Waals surface area (Å²) in [6.07, 6.45) is 5.59. The fourth-order valence-electron chi connectivity index (χ4n) is 2.41. The van der Waals surface area contributed by atoms with Crippen molar-refractivity contribution in [3.05, 3.63) is 30.1 Å². The van der Waals surface area contributed by atoms with E-state index in [1.807, 2.05) is 0 Å². The summed E-state index contributed by atoms with van der Waals surface area (Å²) in [5, 5.41) is 4.65. The van der Waals surface area contributed by atoms with Crippen LogP contribution in [0.5, 0.6) is 0 Å². The summed E-state index contributed by atoms with van der Waals surface area (Å²) in [4.78, 5) is 8.70. The van der Waals surface area contributed by atoms with E-state index in [0.29, 0.717) is 5.41 Å². The lowest BCUT2D eigenvalue weighted by atomic mass is 10.0. The maximum Gasteiger partial charge on any atom is 0.137 e. The van der Waals surface area contributed by atoms with Gasteiger partial charge in [0, 0.05) is 11.9 Å². The number of nitrogens with zero attached hydrogens (tertiary/aromatic N) is 2. The van der Waals surface area contributed by atoms with E-state index in [1.54, 1.807) is 6.33 Å². The summed E-state index contributed by atoms with van der Waals surface area (Å²) in [5.74, 6) is 0.975. The number of nitrogens with one attached hydrogen (secondary N) is 1. The molecule has 3 nitrogen and oxygen atoms in total. The first-order valence-corrected chi connectivity index (χ1v) is 6.68. The number of hydrogen-bond acceptors (Lipinski definition) is 3. The molecular weight excluding hydrogens is 222 g/mol. The van der Waals surface area contributed by atoms with Crippen molar-refractivity contribution in [2.24, 2.45) is 5.41 Å². The molecule has 94 valence electrons. The van der Waals surface area contributed by atoms with E-state index in [0.717, 1.165) is 23.3 Å². The summed E-state index contributed by atoms with van der Waals surface area (Å²) in [6, 6.07) is 6.31. The molecule has 0 saturated heterocycles. The Hall–Kier alpha value is -1.64. The van der Waals surface area contributed by atoms with Crippen LogP contribution in [0, 0.1) is 12.3 Å². The van der Waals surface area contributed by atoms with Crippen LogP contribution in [0.3, 0.4) is 0 Å². The van der Waals surface area contributed by atoms with Gasteiger partial charge in [0.25, 0.3) is 0 Å². The van der Waals surface area contributed by atoms with Crippen LogP contribution in [-0.4, -0.2) is 16.5 Å². The second kappa shape index (κ2) is 4.23. The average molecular weight is 241 g/mol. The molecule has 0 spiro atoms. The number of fused-ring (bicyclic) bond motifs is 1. The van der Waals surface area contributed by atoms with Gasteiger partial charge in [-0.25, -0.2) is 9.97 Å². The van der Waals surface area contributed by atoms with E-state index in [-0.39, 0.29) is 0 Å². The van der Waals surface area contributed by atoms with Crippen LogP contribution in [0.15, 0.2) is 24.5 Å². The monoisotopic (exact) mass is 241 g/mol. The smallest absolute Gasteiger partial charge is 0.137 e. The van der Waals surface area contributed by atoms with Gasteiger partial charge in [-0.05, 0) is 43.7 Å². The molecule has 1 heterocycles. The Kier molecular flexibility index (Phi) is 2.69. The van der Waals surface area contributed by atoms with Gasteiger partial charge in [-0.15, -0.1) is 0 Å². The van der Waals surface area contributed by atoms with Crippen LogP contribution >= 0.6 is 0 Å². The van der Waals surface area contributed by atoms with Crippen molar-refractivity contribution in [2.45, 2.75) is 33.1 Å². The number of benzene rings is 1. The van der Waals surface area contributed by atoms with Crippen molar-refractivity contribution < 1.29 is 0 Å². The van der Waals surface area contributed by atoms with Crippen LogP contribution < -0.4 is 5.32 Å². The molecule has 0 amide bonds. The molecule has 0 atom stereocenters. The first kappa shape index (κ1) is 11.5. The van der Waals surface area contributed by atoms with Gasteiger partial charge in [-0.2, -0.15) is 0 Å². The summed E-state index contributed by atoms with van der Waals surface area (Å²) < 4.78 is 0. The van der Waals surface area contributed by atoms with Crippen molar-refractivity contribution in [3.8, 4) is 0 Å². The van der Waals surface area contributed by atoms with Crippen molar-refractivity contribution in [1.29, 1.82) is 0 Å². The summed E-state index contributed by atoms with van der Waals surface area (Å²) in [6.45, 7) is 5.41. The Morgan fingerprint density at radius 2 is 2.11 bits per heavy atom. The summed E-state index contributed by atoms with van der Waals surface area (Å²) >= 11 is 0. The Morgan fingerprint density at radius 1 is 1.28 bits per heavy atom. The highest BCUT2D eigenvalue weighted by molar-refractivity contribution is 5.89. The molecule has 3 heteroatoms. The van der Waals surface area contributed by atoms with Gasteiger partial charge >= 0.3 is 0 Å². The molecule has 1 aliphatic carbocycles. The number of hydrogen-bond donors (Lipinski definition) is 1. The number of aryl methyl sites for hydroxylation is 1. The van der Waals surface area contributed by atoms with Crippen molar-refractivity contribution >= 4 is 16.7 Å². The Labute approximate surface area is 108 Å². The third kappa shape index (κ3) is 2.05. The molecule has 18 heavy (non-hydrogen) atoms. The summed E-state index contributed by atoms with van der Waals surface area (Å²) in [5.41, 5.74) is 2.79. The first-order chi connectivity index (χ1) is 8.72. The Balaban J connectivity index is 1.89.